The van der Waals surface area contributed by atoms with E-state index in [4.69, 9.17) is 21.1 Å². The Balaban J connectivity index is 1.52. The van der Waals surface area contributed by atoms with Crippen molar-refractivity contribution in [3.05, 3.63) is 53.3 Å². The number of benzene rings is 1. The van der Waals surface area contributed by atoms with Crippen LogP contribution in [0.25, 0.3) is 0 Å². The Labute approximate surface area is 236 Å². The molecule has 38 heavy (non-hydrogen) atoms. The molecule has 1 aromatic carbocycles. The minimum atomic E-state index is -0.147. The van der Waals surface area contributed by atoms with Crippen LogP contribution in [0.1, 0.15) is 103 Å². The van der Waals surface area contributed by atoms with Crippen LogP contribution in [-0.2, 0) is 17.8 Å². The number of carbonyl (C=O) groups excluding carboxylic acids is 1. The highest BCUT2D eigenvalue weighted by Gasteiger charge is 2.08. The Hall–Kier alpha value is -2.27. The highest BCUT2D eigenvalue weighted by Crippen LogP contribution is 2.29. The Kier molecular flexibility index (Phi) is 17.4. The number of hydrogen-bond acceptors (Lipinski definition) is 3. The Morgan fingerprint density at radius 1 is 0.868 bits per heavy atom. The summed E-state index contributed by atoms with van der Waals surface area (Å²) in [6.45, 7) is 6.63. The standard InChI is InChI=1S/C32H49ClN2O3/c1-3-5-6-7-8-9-10-11-12-13-14-15-24-37-31-19-18-29(25-30(31)33)38-27-32(36)34-21-20-28-17-16-23-35(26-28)22-4-2/h16-19,23,25-26H,3-15,20-22,24,27H2,1-2H3/p+1. The van der Waals surface area contributed by atoms with Crippen molar-refractivity contribution < 1.29 is 18.8 Å². The minimum Gasteiger partial charge on any atom is -0.492 e. The van der Waals surface area contributed by atoms with Gasteiger partial charge in [-0.25, -0.2) is 4.57 Å². The van der Waals surface area contributed by atoms with Gasteiger partial charge in [0.15, 0.2) is 19.0 Å². The molecule has 212 valence electrons. The second kappa shape index (κ2) is 20.7. The molecule has 0 fully saturated rings. The molecular weight excluding hydrogens is 496 g/mol. The van der Waals surface area contributed by atoms with E-state index >= 15 is 0 Å². The van der Waals surface area contributed by atoms with E-state index in [9.17, 15) is 4.79 Å². The van der Waals surface area contributed by atoms with Crippen LogP contribution in [0.4, 0.5) is 0 Å². The summed E-state index contributed by atoms with van der Waals surface area (Å²) < 4.78 is 13.7. The number of unbranched alkanes of at least 4 members (excludes halogenated alkanes) is 11. The van der Waals surface area contributed by atoms with Crippen molar-refractivity contribution in [2.24, 2.45) is 0 Å². The van der Waals surface area contributed by atoms with Gasteiger partial charge in [0.25, 0.3) is 5.91 Å². The van der Waals surface area contributed by atoms with Gasteiger partial charge in [-0.3, -0.25) is 4.79 Å². The molecule has 0 atom stereocenters. The zero-order valence-corrected chi connectivity index (χ0v) is 24.6. The van der Waals surface area contributed by atoms with Gasteiger partial charge in [-0.05, 0) is 31.0 Å². The van der Waals surface area contributed by atoms with Crippen LogP contribution in [0, 0.1) is 0 Å². The number of carbonyl (C=O) groups is 1. The molecule has 0 bridgehead atoms. The summed E-state index contributed by atoms with van der Waals surface area (Å²) in [6, 6.07) is 9.46. The monoisotopic (exact) mass is 545 g/mol. The lowest BCUT2D eigenvalue weighted by molar-refractivity contribution is -0.697. The molecule has 0 saturated carbocycles. The number of aryl methyl sites for hydroxylation is 1. The molecule has 0 aliphatic heterocycles. The van der Waals surface area contributed by atoms with E-state index in [2.05, 4.69) is 42.2 Å². The van der Waals surface area contributed by atoms with Gasteiger partial charge in [0.2, 0.25) is 0 Å². The van der Waals surface area contributed by atoms with Crippen LogP contribution in [0.3, 0.4) is 0 Å². The van der Waals surface area contributed by atoms with E-state index in [1.807, 2.05) is 12.1 Å². The Morgan fingerprint density at radius 2 is 1.55 bits per heavy atom. The second-order valence-electron chi connectivity index (χ2n) is 10.2. The van der Waals surface area contributed by atoms with E-state index in [0.29, 0.717) is 29.7 Å². The molecular formula is C32H50ClN2O3+. The molecule has 1 heterocycles. The number of amides is 1. The molecule has 0 aliphatic carbocycles. The SMILES string of the molecule is CCCCCCCCCCCCCCOc1ccc(OCC(=O)NCCc2ccc[n+](CCC)c2)cc1Cl. The van der Waals surface area contributed by atoms with E-state index in [1.54, 1.807) is 12.1 Å². The first-order valence-electron chi connectivity index (χ1n) is 14.9. The van der Waals surface area contributed by atoms with Crippen LogP contribution in [0.15, 0.2) is 42.7 Å². The molecule has 0 radical (unpaired) electrons. The molecule has 2 aromatic rings. The molecule has 0 unspecified atom stereocenters. The maximum absolute atomic E-state index is 12.2. The van der Waals surface area contributed by atoms with Gasteiger partial charge in [-0.15, -0.1) is 0 Å². The fourth-order valence-electron chi connectivity index (χ4n) is 4.48. The first-order valence-corrected chi connectivity index (χ1v) is 15.3. The third kappa shape index (κ3) is 14.6. The highest BCUT2D eigenvalue weighted by molar-refractivity contribution is 6.32. The van der Waals surface area contributed by atoms with Crippen molar-refractivity contribution in [1.82, 2.24) is 5.32 Å². The van der Waals surface area contributed by atoms with Gasteiger partial charge in [0, 0.05) is 30.7 Å². The predicted molar refractivity (Wildman–Crippen MR) is 157 cm³/mol. The summed E-state index contributed by atoms with van der Waals surface area (Å²) in [5.41, 5.74) is 1.20. The number of pyridine rings is 1. The maximum atomic E-state index is 12.2. The lowest BCUT2D eigenvalue weighted by atomic mass is 10.1. The van der Waals surface area contributed by atoms with Gasteiger partial charge in [0.1, 0.15) is 18.0 Å². The lowest BCUT2D eigenvalue weighted by Gasteiger charge is -2.11. The Bertz CT molecular complexity index is 906. The first kappa shape index (κ1) is 31.9. The summed E-state index contributed by atoms with van der Waals surface area (Å²) in [4.78, 5) is 12.2. The summed E-state index contributed by atoms with van der Waals surface area (Å²) in [5.74, 6) is 1.08. The van der Waals surface area contributed by atoms with Gasteiger partial charge >= 0.3 is 0 Å². The normalized spacial score (nSPS) is 10.9. The minimum absolute atomic E-state index is 0.0417. The fourth-order valence-corrected chi connectivity index (χ4v) is 4.71. The number of rotatable bonds is 22. The van der Waals surface area contributed by atoms with E-state index in [0.717, 1.165) is 25.8 Å². The summed E-state index contributed by atoms with van der Waals surface area (Å²) in [7, 11) is 0. The van der Waals surface area contributed by atoms with Crippen molar-refractivity contribution in [2.75, 3.05) is 19.8 Å². The van der Waals surface area contributed by atoms with Gasteiger partial charge < -0.3 is 14.8 Å². The van der Waals surface area contributed by atoms with Crippen molar-refractivity contribution in [2.45, 2.75) is 110 Å². The fraction of sp³-hybridized carbons (Fsp3) is 0.625. The van der Waals surface area contributed by atoms with Crippen LogP contribution < -0.4 is 19.4 Å². The maximum Gasteiger partial charge on any atom is 0.257 e. The predicted octanol–water partition coefficient (Wildman–Crippen LogP) is 7.86. The van der Waals surface area contributed by atoms with Crippen molar-refractivity contribution in [3.63, 3.8) is 0 Å². The average Bonchev–Trinajstić information content (AvgIpc) is 2.91. The van der Waals surface area contributed by atoms with Crippen LogP contribution in [-0.4, -0.2) is 25.7 Å². The molecule has 1 N–H and O–H groups in total. The summed E-state index contributed by atoms with van der Waals surface area (Å²) in [6.07, 6.45) is 21.9. The Morgan fingerprint density at radius 3 is 2.21 bits per heavy atom. The number of hydrogen-bond donors (Lipinski definition) is 1. The van der Waals surface area contributed by atoms with Crippen LogP contribution >= 0.6 is 11.6 Å². The van der Waals surface area contributed by atoms with Gasteiger partial charge in [-0.2, -0.15) is 0 Å². The average molecular weight is 546 g/mol. The first-order chi connectivity index (χ1) is 18.6. The van der Waals surface area contributed by atoms with Crippen molar-refractivity contribution >= 4 is 17.5 Å². The zero-order valence-electron chi connectivity index (χ0n) is 23.8. The number of aromatic nitrogens is 1. The zero-order chi connectivity index (χ0) is 27.3. The number of ether oxygens (including phenoxy) is 2. The van der Waals surface area contributed by atoms with Crippen LogP contribution in [0.2, 0.25) is 5.02 Å². The smallest absolute Gasteiger partial charge is 0.257 e. The van der Waals surface area contributed by atoms with Gasteiger partial charge in [0.05, 0.1) is 11.6 Å². The largest absolute Gasteiger partial charge is 0.492 e. The third-order valence-electron chi connectivity index (χ3n) is 6.67. The quantitative estimate of drug-likeness (QED) is 0.121. The molecule has 0 aliphatic rings. The second-order valence-corrected chi connectivity index (χ2v) is 10.6. The van der Waals surface area contributed by atoms with E-state index in [-0.39, 0.29) is 12.5 Å². The number of nitrogens with zero attached hydrogens (tertiary/aromatic N) is 1. The lowest BCUT2D eigenvalue weighted by Crippen LogP contribution is -2.34. The molecule has 1 aromatic heterocycles. The van der Waals surface area contributed by atoms with Crippen molar-refractivity contribution in [3.8, 4) is 11.5 Å². The van der Waals surface area contributed by atoms with Crippen molar-refractivity contribution in [1.29, 1.82) is 0 Å². The third-order valence-corrected chi connectivity index (χ3v) is 6.96. The molecule has 0 spiro atoms. The van der Waals surface area contributed by atoms with E-state index < -0.39 is 0 Å². The molecule has 0 saturated heterocycles. The molecule has 6 heteroatoms. The highest BCUT2D eigenvalue weighted by atomic mass is 35.5. The van der Waals surface area contributed by atoms with E-state index in [1.165, 1.54) is 76.2 Å². The van der Waals surface area contributed by atoms with Crippen LogP contribution in [0.5, 0.6) is 11.5 Å². The molecule has 1 amide bonds. The molecule has 2 rings (SSSR count). The van der Waals surface area contributed by atoms with Gasteiger partial charge in [-0.1, -0.05) is 96.1 Å². The number of halogens is 1. The summed E-state index contributed by atoms with van der Waals surface area (Å²) >= 11 is 6.37. The summed E-state index contributed by atoms with van der Waals surface area (Å²) in [5, 5.41) is 3.42. The number of nitrogens with one attached hydrogen (secondary N) is 1. The topological polar surface area (TPSA) is 51.4 Å². The molecule has 5 nitrogen and oxygen atoms in total.